The van der Waals surface area contributed by atoms with E-state index in [9.17, 15) is 128 Å². The molecule has 40 nitrogen and oxygen atoms in total. The second kappa shape index (κ2) is 30.9. The third kappa shape index (κ3) is 14.5. The van der Waals surface area contributed by atoms with Crippen LogP contribution in [0.2, 0.25) is 0 Å². The highest BCUT2D eigenvalue weighted by Gasteiger charge is 2.59. The summed E-state index contributed by atoms with van der Waals surface area (Å²) in [6.07, 6.45) is -78.2. The van der Waals surface area contributed by atoms with Crippen LogP contribution in [0.4, 0.5) is 0 Å². The van der Waals surface area contributed by atoms with Gasteiger partial charge in [-0.3, -0.25) is 0 Å². The predicted octanol–water partition coefficient (Wildman–Crippen LogP) is -15.8. The Labute approximate surface area is 496 Å². The van der Waals surface area contributed by atoms with Crippen molar-refractivity contribution in [3.63, 3.8) is 0 Å². The molecule has 40 heteroatoms. The summed E-state index contributed by atoms with van der Waals surface area (Å²) in [6.45, 7) is -8.61. The molecule has 0 saturated carbocycles. The average Bonchev–Trinajstić information content (AvgIpc) is 1.22. The van der Waals surface area contributed by atoms with Crippen LogP contribution in [0.5, 0.6) is 0 Å². The van der Waals surface area contributed by atoms with Gasteiger partial charge in [0, 0.05) is 13.0 Å². The van der Waals surface area contributed by atoms with Crippen LogP contribution in [0.15, 0.2) is 11.5 Å². The zero-order valence-corrected chi connectivity index (χ0v) is 46.0. The molecular weight excluding hydrogens is 1220 g/mol. The number of hydrogen-bond acceptors (Lipinski definition) is 40. The molecule has 18 aliphatic heterocycles. The third-order valence-electron chi connectivity index (χ3n) is 16.3. The number of aliphatic hydroxyl groups excluding tert-OH is 25. The average molecular weight is 1300 g/mol. The first kappa shape index (κ1) is 71.7. The lowest BCUT2D eigenvalue weighted by atomic mass is 9.95. The molecule has 0 aliphatic carbocycles. The summed E-state index contributed by atoms with van der Waals surface area (Å²) >= 11 is 0. The Bertz CT molecular complexity index is 2160. The Morgan fingerprint density at radius 3 is 0.580 bits per heavy atom. The van der Waals surface area contributed by atoms with Gasteiger partial charge in [0.15, 0.2) is 55.5 Å². The number of hydrogen-bond donors (Lipinski definition) is 25. The fourth-order valence-corrected chi connectivity index (χ4v) is 11.3. The third-order valence-corrected chi connectivity index (χ3v) is 16.3. The van der Waals surface area contributed by atoms with Gasteiger partial charge in [0.2, 0.25) is 6.29 Å². The minimum Gasteiger partial charge on any atom is -0.506 e. The van der Waals surface area contributed by atoms with Crippen LogP contribution in [0.3, 0.4) is 0 Å². The van der Waals surface area contributed by atoms with Crippen molar-refractivity contribution in [1.82, 2.24) is 0 Å². The molecule has 37 unspecified atom stereocenters. The summed E-state index contributed by atoms with van der Waals surface area (Å²) in [5, 5.41) is 274. The highest BCUT2D eigenvalue weighted by atomic mass is 16.8. The molecule has 0 spiro atoms. The first-order valence-electron chi connectivity index (χ1n) is 27.8. The molecule has 0 amide bonds. The lowest BCUT2D eigenvalue weighted by Gasteiger charge is -2.50. The van der Waals surface area contributed by atoms with E-state index in [1.807, 2.05) is 0 Å². The van der Waals surface area contributed by atoms with Gasteiger partial charge in [-0.15, -0.1) is 0 Å². The molecule has 7 saturated heterocycles. The van der Waals surface area contributed by atoms with Crippen LogP contribution in [0.25, 0.3) is 0 Å². The molecule has 88 heavy (non-hydrogen) atoms. The molecule has 0 aromatic carbocycles. The molecule has 37 atom stereocenters. The van der Waals surface area contributed by atoms with Gasteiger partial charge >= 0.3 is 0 Å². The van der Waals surface area contributed by atoms with Crippen LogP contribution < -0.4 is 0 Å². The van der Waals surface area contributed by atoms with Gasteiger partial charge in [0.1, 0.15) is 177 Å². The maximum Gasteiger partial charge on any atom is 0.218 e. The standard InChI is InChI=1S/C48H80O40/c49-2-1-10-18(57)26(65)41(73)82-34-11(3-50)76-43(28(67)19(34)58)84-36-13(5-52)78-45(30(69)21(36)60)86-38-15(7-54)80-47(32(71)23(38)62)88-40-17(9-56)81-48(33(72)25(40)64)87-39-16(8-55)79-46(31(70)24(39)63)85-37-14(6-53)77-44(29(68)22(37)61)83-35-12(4-51)75-42(74-10)27(66)20(35)59/h10-17,19-25,27-73H,1-9H2/b26-18+. The minimum absolute atomic E-state index is 0.715. The predicted molar refractivity (Wildman–Crippen MR) is 263 cm³/mol. The van der Waals surface area contributed by atoms with Crippen molar-refractivity contribution in [2.75, 3.05) is 52.9 Å². The van der Waals surface area contributed by atoms with Gasteiger partial charge < -0.3 is 199 Å². The van der Waals surface area contributed by atoms with Crippen molar-refractivity contribution in [3.8, 4) is 0 Å². The van der Waals surface area contributed by atoms with Gasteiger partial charge in [-0.05, 0) is 0 Å². The summed E-state index contributed by atoms with van der Waals surface area (Å²) in [6, 6.07) is 0. The van der Waals surface area contributed by atoms with Crippen LogP contribution >= 0.6 is 0 Å². The monoisotopic (exact) mass is 1300 g/mol. The molecule has 0 radical (unpaired) electrons. The highest BCUT2D eigenvalue weighted by Crippen LogP contribution is 2.39. The quantitative estimate of drug-likeness (QED) is 0.102. The van der Waals surface area contributed by atoms with Crippen molar-refractivity contribution in [2.45, 2.75) is 234 Å². The smallest absolute Gasteiger partial charge is 0.218 e. The molecule has 18 heterocycles. The molecule has 0 aromatic heterocycles. The van der Waals surface area contributed by atoms with Gasteiger partial charge in [0.25, 0.3) is 0 Å². The number of rotatable bonds is 9. The van der Waals surface area contributed by atoms with Crippen LogP contribution in [0, 0.1) is 0 Å². The SMILES string of the molecule is OCCC1OC2OC(CO)C(OC3OC(CO)C(OC4OC(CO)C(OC5OC(CO)C(OC6OC(CO)C(OC7OC(CO)C(OC8OC(CO)C(OC(O)/C(O)=C/1O)C(O)C8O)C(O)C7O)C(O)C6O)C(O)C5O)C(O)C4O)C(O)C3O)C(O)C2O. The minimum atomic E-state index is -2.75. The summed E-state index contributed by atoms with van der Waals surface area (Å²) in [5.74, 6) is -2.93. The molecule has 25 N–H and O–H groups in total. The number of ether oxygens (including phenoxy) is 15. The lowest BCUT2D eigenvalue weighted by Crippen LogP contribution is -2.68. The van der Waals surface area contributed by atoms with E-state index in [0.29, 0.717) is 0 Å². The van der Waals surface area contributed by atoms with E-state index in [4.69, 9.17) is 71.1 Å². The molecular formula is C48H80O40. The summed E-state index contributed by atoms with van der Waals surface area (Å²) in [4.78, 5) is 0. The van der Waals surface area contributed by atoms with E-state index in [2.05, 4.69) is 0 Å². The first-order valence-corrected chi connectivity index (χ1v) is 27.8. The second-order valence-electron chi connectivity index (χ2n) is 21.9. The Morgan fingerprint density at radius 2 is 0.398 bits per heavy atom. The van der Waals surface area contributed by atoms with Crippen molar-refractivity contribution >= 4 is 0 Å². The molecule has 18 rings (SSSR count). The Hall–Kier alpha value is -2.18. The zero-order chi connectivity index (χ0) is 64.5. The molecule has 0 aromatic rings. The largest absolute Gasteiger partial charge is 0.506 e. The fraction of sp³-hybridized carbons (Fsp3) is 0.958. The van der Waals surface area contributed by atoms with Gasteiger partial charge in [-0.2, -0.15) is 0 Å². The normalized spacial score (nSPS) is 53.2. The lowest BCUT2D eigenvalue weighted by molar-refractivity contribution is -0.398. The van der Waals surface area contributed by atoms with Crippen LogP contribution in [-0.2, 0) is 71.1 Å². The fourth-order valence-electron chi connectivity index (χ4n) is 11.3. The topological polar surface area (TPSA) is 644 Å². The number of fused-ring (bicyclic) bond motifs is 1. The van der Waals surface area contributed by atoms with E-state index in [-0.39, 0.29) is 0 Å². The summed E-state index contributed by atoms with van der Waals surface area (Å²) < 4.78 is 84.4. The number of aliphatic hydroxyl groups is 25. The summed E-state index contributed by atoms with van der Waals surface area (Å²) in [7, 11) is 0. The maximum atomic E-state index is 11.4. The van der Waals surface area contributed by atoms with Gasteiger partial charge in [-0.1, -0.05) is 0 Å². The Kier molecular flexibility index (Phi) is 25.2. The van der Waals surface area contributed by atoms with Gasteiger partial charge in [0.05, 0.1) is 46.2 Å². The van der Waals surface area contributed by atoms with Crippen molar-refractivity contribution in [1.29, 1.82) is 0 Å². The van der Waals surface area contributed by atoms with Crippen molar-refractivity contribution in [3.05, 3.63) is 11.5 Å². The van der Waals surface area contributed by atoms with Crippen LogP contribution in [0.1, 0.15) is 6.42 Å². The molecule has 7 fully saturated rings. The highest BCUT2D eigenvalue weighted by molar-refractivity contribution is 5.09. The second-order valence-corrected chi connectivity index (χ2v) is 21.9. The Balaban J connectivity index is 1.07. The molecule has 14 bridgehead atoms. The van der Waals surface area contributed by atoms with E-state index in [0.717, 1.165) is 0 Å². The van der Waals surface area contributed by atoms with Crippen molar-refractivity contribution < 1.29 is 199 Å². The van der Waals surface area contributed by atoms with E-state index >= 15 is 0 Å². The Morgan fingerprint density at radius 1 is 0.216 bits per heavy atom. The molecule has 18 aliphatic rings. The zero-order valence-electron chi connectivity index (χ0n) is 46.0. The molecule has 512 valence electrons. The first-order chi connectivity index (χ1) is 41.8. The van der Waals surface area contributed by atoms with Gasteiger partial charge in [-0.25, -0.2) is 0 Å². The van der Waals surface area contributed by atoms with Crippen molar-refractivity contribution in [2.24, 2.45) is 0 Å². The summed E-state index contributed by atoms with van der Waals surface area (Å²) in [5.41, 5.74) is 0. The van der Waals surface area contributed by atoms with E-state index in [1.165, 1.54) is 0 Å². The maximum absolute atomic E-state index is 11.4. The van der Waals surface area contributed by atoms with E-state index < -0.39 is 298 Å². The van der Waals surface area contributed by atoms with Crippen LogP contribution in [-0.4, -0.2) is 408 Å². The van der Waals surface area contributed by atoms with E-state index in [1.54, 1.807) is 0 Å².